The molecule has 124 valence electrons. The molecule has 0 saturated carbocycles. The van der Waals surface area contributed by atoms with Gasteiger partial charge in [0.2, 0.25) is 5.91 Å². The fourth-order valence-corrected chi connectivity index (χ4v) is 2.61. The minimum atomic E-state index is -4.50. The van der Waals surface area contributed by atoms with E-state index in [1.165, 1.54) is 0 Å². The molecule has 1 aliphatic heterocycles. The Bertz CT molecular complexity index is 490. The number of likely N-dealkylation sites (tertiary alicyclic amines) is 1. The Morgan fingerprint density at radius 2 is 2.23 bits per heavy atom. The maximum atomic E-state index is 13.0. The minimum Gasteiger partial charge on any atom is -0.353 e. The Labute approximate surface area is 126 Å². The fourth-order valence-electron chi connectivity index (χ4n) is 2.61. The molecule has 2 heterocycles. The zero-order valence-electron chi connectivity index (χ0n) is 12.5. The van der Waals surface area contributed by atoms with E-state index in [0.29, 0.717) is 12.8 Å². The smallest absolute Gasteiger partial charge is 0.353 e. The van der Waals surface area contributed by atoms with Crippen molar-refractivity contribution in [1.82, 2.24) is 25.0 Å². The number of alkyl halides is 3. The number of aromatic nitrogens is 3. The second-order valence-corrected chi connectivity index (χ2v) is 5.73. The van der Waals surface area contributed by atoms with Crippen LogP contribution in [0, 0.1) is 5.92 Å². The van der Waals surface area contributed by atoms with Crippen molar-refractivity contribution >= 4 is 5.91 Å². The number of hydrogen-bond donors (Lipinski definition) is 1. The Morgan fingerprint density at radius 3 is 2.77 bits per heavy atom. The van der Waals surface area contributed by atoms with Gasteiger partial charge < -0.3 is 10.2 Å². The summed E-state index contributed by atoms with van der Waals surface area (Å²) < 4.78 is 39.8. The highest BCUT2D eigenvalue weighted by Gasteiger charge is 2.42. The number of carbonyl (C=O) groups is 1. The van der Waals surface area contributed by atoms with E-state index in [1.54, 1.807) is 0 Å². The summed E-state index contributed by atoms with van der Waals surface area (Å²) in [6, 6.07) is -1.65. The van der Waals surface area contributed by atoms with E-state index in [4.69, 9.17) is 0 Å². The quantitative estimate of drug-likeness (QED) is 0.907. The van der Waals surface area contributed by atoms with Crippen molar-refractivity contribution in [2.45, 2.75) is 38.0 Å². The van der Waals surface area contributed by atoms with Gasteiger partial charge in [0.1, 0.15) is 12.7 Å². The summed E-state index contributed by atoms with van der Waals surface area (Å²) in [5.74, 6) is -0.565. The van der Waals surface area contributed by atoms with Gasteiger partial charge in [-0.15, -0.1) is 0 Å². The van der Waals surface area contributed by atoms with Gasteiger partial charge in [-0.1, -0.05) is 0 Å². The lowest BCUT2D eigenvalue weighted by molar-refractivity contribution is -0.169. The molecule has 1 fully saturated rings. The molecular formula is C13H20F3N5O. The number of carbonyl (C=O) groups excluding carboxylic acids is 1. The van der Waals surface area contributed by atoms with Gasteiger partial charge in [0.05, 0.1) is 0 Å². The summed E-state index contributed by atoms with van der Waals surface area (Å²) in [6.45, 7) is 2.24. The van der Waals surface area contributed by atoms with Crippen LogP contribution in [0.15, 0.2) is 12.7 Å². The molecule has 6 nitrogen and oxygen atoms in total. The van der Waals surface area contributed by atoms with E-state index in [2.05, 4.69) is 20.3 Å². The minimum absolute atomic E-state index is 0.240. The van der Waals surface area contributed by atoms with Crippen LogP contribution >= 0.6 is 0 Å². The summed E-state index contributed by atoms with van der Waals surface area (Å²) >= 11 is 0. The van der Waals surface area contributed by atoms with Crippen molar-refractivity contribution in [2.24, 2.45) is 5.92 Å². The van der Waals surface area contributed by atoms with E-state index >= 15 is 0 Å². The highest BCUT2D eigenvalue weighted by molar-refractivity contribution is 5.78. The van der Waals surface area contributed by atoms with Crippen LogP contribution in [0.2, 0.25) is 0 Å². The molecule has 9 heteroatoms. The van der Waals surface area contributed by atoms with Crippen LogP contribution in [0.25, 0.3) is 0 Å². The van der Waals surface area contributed by atoms with Gasteiger partial charge in [0.25, 0.3) is 0 Å². The zero-order valence-corrected chi connectivity index (χ0v) is 12.5. The van der Waals surface area contributed by atoms with Gasteiger partial charge in [0.15, 0.2) is 6.04 Å². The molecule has 2 rings (SSSR count). The monoisotopic (exact) mass is 319 g/mol. The third-order valence-corrected chi connectivity index (χ3v) is 4.18. The third kappa shape index (κ3) is 3.96. The Balaban J connectivity index is 1.94. The Kier molecular flexibility index (Phi) is 5.05. The molecule has 1 saturated heterocycles. The second kappa shape index (κ2) is 6.64. The fraction of sp³-hybridized carbons (Fsp3) is 0.769. The number of halogens is 3. The number of amides is 1. The third-order valence-electron chi connectivity index (χ3n) is 4.18. The van der Waals surface area contributed by atoms with Crippen LogP contribution in [0.3, 0.4) is 0 Å². The van der Waals surface area contributed by atoms with Crippen LogP contribution in [0.5, 0.6) is 0 Å². The largest absolute Gasteiger partial charge is 0.412 e. The molecule has 1 unspecified atom stereocenters. The molecule has 1 N–H and O–H groups in total. The summed E-state index contributed by atoms with van der Waals surface area (Å²) in [5.41, 5.74) is 0. The predicted molar refractivity (Wildman–Crippen MR) is 72.9 cm³/mol. The van der Waals surface area contributed by atoms with E-state index in [9.17, 15) is 18.0 Å². The topological polar surface area (TPSA) is 63.1 Å². The van der Waals surface area contributed by atoms with Crippen LogP contribution in [-0.4, -0.2) is 57.9 Å². The average Bonchev–Trinajstić information content (AvgIpc) is 2.94. The van der Waals surface area contributed by atoms with Gasteiger partial charge in [-0.05, 0) is 33.4 Å². The highest BCUT2D eigenvalue weighted by atomic mass is 19.4. The molecule has 0 bridgehead atoms. The SMILES string of the molecule is C[C@H]1C[C@@H](C(=O)NCC(n2cncn2)C(F)(F)F)CCN1C. The van der Waals surface area contributed by atoms with Crippen molar-refractivity contribution in [1.29, 1.82) is 0 Å². The first-order valence-electron chi connectivity index (χ1n) is 7.17. The molecule has 3 atom stereocenters. The molecule has 22 heavy (non-hydrogen) atoms. The molecular weight excluding hydrogens is 299 g/mol. The molecule has 1 aromatic rings. The molecule has 1 aromatic heterocycles. The van der Waals surface area contributed by atoms with Gasteiger partial charge in [-0.3, -0.25) is 4.79 Å². The summed E-state index contributed by atoms with van der Waals surface area (Å²) in [6.07, 6.45) is -1.14. The van der Waals surface area contributed by atoms with Crippen molar-refractivity contribution in [3.05, 3.63) is 12.7 Å². The standard InChI is InChI=1S/C13H20F3N5O/c1-9-5-10(3-4-20(9)2)12(22)18-6-11(13(14,15)16)21-8-17-7-19-21/h7-11H,3-6H2,1-2H3,(H,18,22)/t9-,10-,11?/m0/s1. The van der Waals surface area contributed by atoms with E-state index < -0.39 is 18.8 Å². The molecule has 1 aliphatic rings. The number of nitrogens with zero attached hydrogens (tertiary/aromatic N) is 4. The normalized spacial score (nSPS) is 25.0. The van der Waals surface area contributed by atoms with Crippen molar-refractivity contribution in [2.75, 3.05) is 20.1 Å². The molecule has 1 amide bonds. The van der Waals surface area contributed by atoms with Crippen LogP contribution in [0.4, 0.5) is 13.2 Å². The predicted octanol–water partition coefficient (Wildman–Crippen LogP) is 1.23. The summed E-state index contributed by atoms with van der Waals surface area (Å²) in [7, 11) is 1.98. The van der Waals surface area contributed by atoms with Gasteiger partial charge in [-0.25, -0.2) is 9.67 Å². The average molecular weight is 319 g/mol. The van der Waals surface area contributed by atoms with Crippen LogP contribution < -0.4 is 5.32 Å². The van der Waals surface area contributed by atoms with E-state index in [-0.39, 0.29) is 17.9 Å². The van der Waals surface area contributed by atoms with Crippen LogP contribution in [0.1, 0.15) is 25.8 Å². The Hall–Kier alpha value is -1.64. The first-order chi connectivity index (χ1) is 10.3. The van der Waals surface area contributed by atoms with Crippen molar-refractivity contribution in [3.63, 3.8) is 0 Å². The zero-order chi connectivity index (χ0) is 16.3. The number of hydrogen-bond acceptors (Lipinski definition) is 4. The lowest BCUT2D eigenvalue weighted by Gasteiger charge is -2.34. The van der Waals surface area contributed by atoms with E-state index in [1.807, 2.05) is 14.0 Å². The highest BCUT2D eigenvalue weighted by Crippen LogP contribution is 2.29. The van der Waals surface area contributed by atoms with E-state index in [0.717, 1.165) is 23.9 Å². The summed E-state index contributed by atoms with van der Waals surface area (Å²) in [5, 5.41) is 5.94. The molecule has 0 spiro atoms. The Morgan fingerprint density at radius 1 is 1.50 bits per heavy atom. The first-order valence-corrected chi connectivity index (χ1v) is 7.17. The number of rotatable bonds is 4. The molecule has 0 aliphatic carbocycles. The van der Waals surface area contributed by atoms with Crippen molar-refractivity contribution < 1.29 is 18.0 Å². The van der Waals surface area contributed by atoms with Crippen molar-refractivity contribution in [3.8, 4) is 0 Å². The molecule has 0 aromatic carbocycles. The number of piperidine rings is 1. The summed E-state index contributed by atoms with van der Waals surface area (Å²) in [4.78, 5) is 17.8. The molecule has 0 radical (unpaired) electrons. The van der Waals surface area contributed by atoms with Gasteiger partial charge in [-0.2, -0.15) is 18.3 Å². The maximum absolute atomic E-state index is 13.0. The lowest BCUT2D eigenvalue weighted by Crippen LogP contribution is -2.45. The van der Waals surface area contributed by atoms with Crippen LogP contribution in [-0.2, 0) is 4.79 Å². The van der Waals surface area contributed by atoms with Gasteiger partial charge >= 0.3 is 6.18 Å². The van der Waals surface area contributed by atoms with Gasteiger partial charge in [0, 0.05) is 18.5 Å². The first kappa shape index (κ1) is 16.7. The number of nitrogens with one attached hydrogen (secondary N) is 1. The second-order valence-electron chi connectivity index (χ2n) is 5.73. The lowest BCUT2D eigenvalue weighted by atomic mass is 9.91. The maximum Gasteiger partial charge on any atom is 0.412 e.